The van der Waals surface area contributed by atoms with Gasteiger partial charge in [-0.25, -0.2) is 9.97 Å². The molecule has 1 unspecified atom stereocenters. The number of aromatic amines is 1. The standard InChI is InChI=1S/C23H29N7O/c1-14(2)23(3,31)19-13-30(9-8-24-19)22-20-15(12-29(4)28-20)10-18(27-22)17-11-26-21-16(17)6-5-7-25-21/h5-7,10-12,14,19,24,31H,8-9,13H2,1-4H3,(H,25,26)/t19?,23-/m1/s1. The number of fused-ring (bicyclic) bond motifs is 2. The van der Waals surface area contributed by atoms with Gasteiger partial charge in [-0.3, -0.25) is 4.68 Å². The molecular weight excluding hydrogens is 390 g/mol. The van der Waals surface area contributed by atoms with Gasteiger partial charge in [0.1, 0.15) is 11.2 Å². The van der Waals surface area contributed by atoms with E-state index in [1.807, 2.05) is 37.1 Å². The van der Waals surface area contributed by atoms with Crippen LogP contribution in [-0.4, -0.2) is 61.1 Å². The monoisotopic (exact) mass is 419 g/mol. The van der Waals surface area contributed by atoms with E-state index in [1.165, 1.54) is 0 Å². The van der Waals surface area contributed by atoms with Gasteiger partial charge in [0.15, 0.2) is 5.82 Å². The fourth-order valence-corrected chi connectivity index (χ4v) is 4.40. The van der Waals surface area contributed by atoms with E-state index < -0.39 is 5.60 Å². The van der Waals surface area contributed by atoms with Crippen LogP contribution in [0.5, 0.6) is 0 Å². The van der Waals surface area contributed by atoms with Crippen molar-refractivity contribution in [3.63, 3.8) is 0 Å². The molecule has 3 N–H and O–H groups in total. The molecule has 1 saturated heterocycles. The Balaban J connectivity index is 1.61. The Bertz CT molecular complexity index is 1240. The summed E-state index contributed by atoms with van der Waals surface area (Å²) in [5.41, 5.74) is 2.83. The number of piperazine rings is 1. The van der Waals surface area contributed by atoms with Gasteiger partial charge in [-0.05, 0) is 31.0 Å². The van der Waals surface area contributed by atoms with Crippen LogP contribution in [0.1, 0.15) is 20.8 Å². The van der Waals surface area contributed by atoms with Crippen LogP contribution in [-0.2, 0) is 7.05 Å². The molecule has 162 valence electrons. The summed E-state index contributed by atoms with van der Waals surface area (Å²) in [4.78, 5) is 15.0. The number of H-pyrrole nitrogens is 1. The Hall–Kier alpha value is -2.97. The minimum absolute atomic E-state index is 0.0530. The van der Waals surface area contributed by atoms with Crippen molar-refractivity contribution in [2.45, 2.75) is 32.4 Å². The van der Waals surface area contributed by atoms with Crippen molar-refractivity contribution in [1.82, 2.24) is 30.0 Å². The first-order chi connectivity index (χ1) is 14.8. The van der Waals surface area contributed by atoms with Gasteiger partial charge in [-0.15, -0.1) is 0 Å². The highest BCUT2D eigenvalue weighted by molar-refractivity contribution is 5.97. The second-order valence-electron chi connectivity index (χ2n) is 9.01. The molecule has 1 fully saturated rings. The van der Waals surface area contributed by atoms with E-state index in [0.717, 1.165) is 52.1 Å². The summed E-state index contributed by atoms with van der Waals surface area (Å²) in [5.74, 6) is 0.996. The van der Waals surface area contributed by atoms with Crippen molar-refractivity contribution >= 4 is 27.8 Å². The van der Waals surface area contributed by atoms with E-state index >= 15 is 0 Å². The second kappa shape index (κ2) is 7.32. The van der Waals surface area contributed by atoms with Crippen LogP contribution >= 0.6 is 0 Å². The molecule has 0 bridgehead atoms. The number of aliphatic hydroxyl groups is 1. The van der Waals surface area contributed by atoms with E-state index in [2.05, 4.69) is 46.2 Å². The summed E-state index contributed by atoms with van der Waals surface area (Å²) >= 11 is 0. The molecule has 1 aliphatic rings. The Morgan fingerprint density at radius 3 is 2.97 bits per heavy atom. The fraction of sp³-hybridized carbons (Fsp3) is 0.435. The first-order valence-electron chi connectivity index (χ1n) is 10.8. The van der Waals surface area contributed by atoms with Gasteiger partial charge in [0.05, 0.1) is 17.3 Å². The molecule has 0 aliphatic carbocycles. The first kappa shape index (κ1) is 20.0. The SMILES string of the molecule is CC(C)[C@@](C)(O)C1CN(c2nc(-c3c[nH]c4ncccc34)cc3cn(C)nc23)CCN1. The van der Waals surface area contributed by atoms with Crippen LogP contribution in [0, 0.1) is 5.92 Å². The highest BCUT2D eigenvalue weighted by atomic mass is 16.3. The van der Waals surface area contributed by atoms with E-state index in [1.54, 1.807) is 6.20 Å². The zero-order chi connectivity index (χ0) is 21.8. The molecule has 0 amide bonds. The second-order valence-corrected chi connectivity index (χ2v) is 9.01. The number of pyridine rings is 2. The van der Waals surface area contributed by atoms with Crippen molar-refractivity contribution in [3.8, 4) is 11.3 Å². The molecule has 4 aromatic rings. The average Bonchev–Trinajstić information content (AvgIpc) is 3.35. The summed E-state index contributed by atoms with van der Waals surface area (Å²) in [6.07, 6.45) is 5.78. The summed E-state index contributed by atoms with van der Waals surface area (Å²) in [5, 5.41) is 21.4. The number of anilines is 1. The van der Waals surface area contributed by atoms with Gasteiger partial charge in [0, 0.05) is 61.6 Å². The maximum Gasteiger partial charge on any atom is 0.157 e. The van der Waals surface area contributed by atoms with E-state index in [0.29, 0.717) is 6.54 Å². The Labute approximate surface area is 181 Å². The Kier molecular flexibility index (Phi) is 4.71. The van der Waals surface area contributed by atoms with Crippen molar-refractivity contribution in [2.75, 3.05) is 24.5 Å². The summed E-state index contributed by atoms with van der Waals surface area (Å²) in [6.45, 7) is 8.29. The smallest absolute Gasteiger partial charge is 0.157 e. The summed E-state index contributed by atoms with van der Waals surface area (Å²) < 4.78 is 1.83. The van der Waals surface area contributed by atoms with E-state index in [-0.39, 0.29) is 12.0 Å². The number of nitrogens with one attached hydrogen (secondary N) is 2. The minimum Gasteiger partial charge on any atom is -0.388 e. The molecule has 5 rings (SSSR count). The average molecular weight is 420 g/mol. The number of aromatic nitrogens is 5. The minimum atomic E-state index is -0.817. The molecule has 0 saturated carbocycles. The lowest BCUT2D eigenvalue weighted by Crippen LogP contribution is -2.62. The van der Waals surface area contributed by atoms with Crippen molar-refractivity contribution in [1.29, 1.82) is 0 Å². The van der Waals surface area contributed by atoms with Gasteiger partial charge in [-0.1, -0.05) is 13.8 Å². The molecule has 0 radical (unpaired) electrons. The molecule has 31 heavy (non-hydrogen) atoms. The Morgan fingerprint density at radius 2 is 2.16 bits per heavy atom. The number of hydrogen-bond donors (Lipinski definition) is 3. The van der Waals surface area contributed by atoms with Crippen LogP contribution < -0.4 is 10.2 Å². The fourth-order valence-electron chi connectivity index (χ4n) is 4.40. The first-order valence-corrected chi connectivity index (χ1v) is 10.8. The van der Waals surface area contributed by atoms with Crippen molar-refractivity contribution < 1.29 is 5.11 Å². The predicted octanol–water partition coefficient (Wildman–Crippen LogP) is 2.70. The third-order valence-electron chi connectivity index (χ3n) is 6.66. The third-order valence-corrected chi connectivity index (χ3v) is 6.66. The van der Waals surface area contributed by atoms with Crippen LogP contribution in [0.3, 0.4) is 0 Å². The highest BCUT2D eigenvalue weighted by Crippen LogP contribution is 2.33. The van der Waals surface area contributed by atoms with Crippen molar-refractivity contribution in [2.24, 2.45) is 13.0 Å². The lowest BCUT2D eigenvalue weighted by molar-refractivity contribution is -0.0231. The number of rotatable bonds is 4. The molecule has 0 spiro atoms. The summed E-state index contributed by atoms with van der Waals surface area (Å²) in [7, 11) is 1.93. The third kappa shape index (κ3) is 3.36. The van der Waals surface area contributed by atoms with Gasteiger partial charge in [-0.2, -0.15) is 5.10 Å². The normalized spacial score (nSPS) is 19.4. The maximum absolute atomic E-state index is 11.1. The molecule has 8 heteroatoms. The molecular formula is C23H29N7O. The number of hydrogen-bond acceptors (Lipinski definition) is 6. The van der Waals surface area contributed by atoms with Gasteiger partial charge in [0.2, 0.25) is 0 Å². The predicted molar refractivity (Wildman–Crippen MR) is 123 cm³/mol. The maximum atomic E-state index is 11.1. The van der Waals surface area contributed by atoms with E-state index in [9.17, 15) is 5.11 Å². The highest BCUT2D eigenvalue weighted by Gasteiger charge is 2.38. The van der Waals surface area contributed by atoms with Crippen LogP contribution in [0.25, 0.3) is 33.2 Å². The van der Waals surface area contributed by atoms with Crippen LogP contribution in [0.2, 0.25) is 0 Å². The van der Waals surface area contributed by atoms with Gasteiger partial charge in [0.25, 0.3) is 0 Å². The Morgan fingerprint density at radius 1 is 1.32 bits per heavy atom. The lowest BCUT2D eigenvalue weighted by Gasteiger charge is -2.43. The molecule has 0 aromatic carbocycles. The zero-order valence-corrected chi connectivity index (χ0v) is 18.4. The molecule has 2 atom stereocenters. The molecule has 4 aromatic heterocycles. The van der Waals surface area contributed by atoms with Gasteiger partial charge >= 0.3 is 0 Å². The number of aryl methyl sites for hydroxylation is 1. The van der Waals surface area contributed by atoms with E-state index in [4.69, 9.17) is 10.1 Å². The molecule has 5 heterocycles. The zero-order valence-electron chi connectivity index (χ0n) is 18.4. The number of nitrogens with zero attached hydrogens (tertiary/aromatic N) is 5. The topological polar surface area (TPSA) is 94.9 Å². The molecule has 1 aliphatic heterocycles. The molecule has 8 nitrogen and oxygen atoms in total. The van der Waals surface area contributed by atoms with Crippen LogP contribution in [0.15, 0.2) is 36.8 Å². The van der Waals surface area contributed by atoms with Crippen molar-refractivity contribution in [3.05, 3.63) is 36.8 Å². The summed E-state index contributed by atoms with van der Waals surface area (Å²) in [6, 6.07) is 6.04. The quantitative estimate of drug-likeness (QED) is 0.471. The largest absolute Gasteiger partial charge is 0.388 e. The van der Waals surface area contributed by atoms with Gasteiger partial charge < -0.3 is 20.3 Å². The van der Waals surface area contributed by atoms with Crippen LogP contribution in [0.4, 0.5) is 5.82 Å². The lowest BCUT2D eigenvalue weighted by atomic mass is 9.84.